The molecule has 1 aromatic carbocycles. The summed E-state index contributed by atoms with van der Waals surface area (Å²) in [6.45, 7) is 7.42. The van der Waals surface area contributed by atoms with E-state index < -0.39 is 0 Å². The Hall–Kier alpha value is -1.89. The van der Waals surface area contributed by atoms with Gasteiger partial charge < -0.3 is 30.8 Å². The standard InChI is InChI=1S/C24H28N2O4.Na/c1-16-13-23(29-12-11-25-30-15-27)18(3)17(2)21(16)14-20-9-10-22(28)24(26-20)19-7-5-4-6-8-19;/h9-10,13,19,28H,4-8,12,14H2,1-3H3;/q-2;+1. The molecule has 0 atom stereocenters. The second-order valence-electron chi connectivity index (χ2n) is 7.85. The minimum Gasteiger partial charge on any atom is -0.557 e. The van der Waals surface area contributed by atoms with Crippen LogP contribution in [0.3, 0.4) is 0 Å². The molecule has 0 amide bonds. The van der Waals surface area contributed by atoms with E-state index in [-0.39, 0.29) is 36.2 Å². The molecule has 0 bridgehead atoms. The van der Waals surface area contributed by atoms with Crippen molar-refractivity contribution in [2.45, 2.75) is 65.2 Å². The molecule has 0 unspecified atom stereocenters. The Morgan fingerprint density at radius 3 is 2.61 bits per heavy atom. The molecular formula is C24H28N2NaO4-. The van der Waals surface area contributed by atoms with Crippen molar-refractivity contribution in [3.05, 3.63) is 51.8 Å². The SMILES string of the molecule is Cc1cc(OC[C-]=NO[C-]=O)c(C)c(C)c1Cc1ccc(O)c(C2CCCCC2)n1.[Na+]. The van der Waals surface area contributed by atoms with Gasteiger partial charge in [-0.3, -0.25) is 4.98 Å². The molecule has 6 nitrogen and oxygen atoms in total. The summed E-state index contributed by atoms with van der Waals surface area (Å²) < 4.78 is 5.70. The van der Waals surface area contributed by atoms with Crippen LogP contribution < -0.4 is 34.3 Å². The molecule has 7 heteroatoms. The van der Waals surface area contributed by atoms with E-state index in [1.54, 1.807) is 6.07 Å². The van der Waals surface area contributed by atoms with Crippen LogP contribution in [0.25, 0.3) is 0 Å². The predicted octanol–water partition coefficient (Wildman–Crippen LogP) is 1.68. The number of hydrogen-bond acceptors (Lipinski definition) is 6. The van der Waals surface area contributed by atoms with Gasteiger partial charge in [-0.2, -0.15) is 0 Å². The van der Waals surface area contributed by atoms with Gasteiger partial charge in [0.1, 0.15) is 11.5 Å². The maximum Gasteiger partial charge on any atom is 1.00 e. The zero-order chi connectivity index (χ0) is 21.5. The van der Waals surface area contributed by atoms with Crippen LogP contribution in [0, 0.1) is 20.8 Å². The number of hydrogen-bond donors (Lipinski definition) is 1. The van der Waals surface area contributed by atoms with Gasteiger partial charge in [-0.05, 0) is 87.1 Å². The second-order valence-corrected chi connectivity index (χ2v) is 7.85. The maximum absolute atomic E-state index is 10.4. The number of rotatable bonds is 8. The van der Waals surface area contributed by atoms with Crippen molar-refractivity contribution in [3.63, 3.8) is 0 Å². The molecule has 31 heavy (non-hydrogen) atoms. The third-order valence-corrected chi connectivity index (χ3v) is 5.96. The number of carbonyl (C=O) groups excluding carboxylic acids is 1. The summed E-state index contributed by atoms with van der Waals surface area (Å²) in [5.41, 5.74) is 6.32. The summed E-state index contributed by atoms with van der Waals surface area (Å²) in [4.78, 5) is 18.9. The van der Waals surface area contributed by atoms with E-state index in [2.05, 4.69) is 30.1 Å². The number of benzene rings is 1. The number of aryl methyl sites for hydroxylation is 1. The van der Waals surface area contributed by atoms with Crippen molar-refractivity contribution in [1.82, 2.24) is 4.98 Å². The van der Waals surface area contributed by atoms with Crippen molar-refractivity contribution in [2.75, 3.05) is 6.61 Å². The number of pyridine rings is 1. The molecule has 1 aromatic heterocycles. The van der Waals surface area contributed by atoms with E-state index >= 15 is 0 Å². The van der Waals surface area contributed by atoms with Crippen LogP contribution >= 0.6 is 0 Å². The summed E-state index contributed by atoms with van der Waals surface area (Å²) in [6.07, 6.45) is 9.07. The second kappa shape index (κ2) is 12.2. The quantitative estimate of drug-likeness (QED) is 0.226. The van der Waals surface area contributed by atoms with Crippen molar-refractivity contribution in [2.24, 2.45) is 5.16 Å². The fourth-order valence-corrected chi connectivity index (χ4v) is 4.17. The number of ether oxygens (including phenoxy) is 1. The Balaban J connectivity index is 0.00000341. The smallest absolute Gasteiger partial charge is 0.557 e. The first-order valence-corrected chi connectivity index (χ1v) is 10.4. The molecule has 1 aliphatic rings. The molecular weight excluding hydrogens is 403 g/mol. The van der Waals surface area contributed by atoms with Gasteiger partial charge >= 0.3 is 29.6 Å². The van der Waals surface area contributed by atoms with Crippen LogP contribution in [0.1, 0.15) is 71.7 Å². The van der Waals surface area contributed by atoms with E-state index in [0.29, 0.717) is 18.1 Å². The first-order valence-electron chi connectivity index (χ1n) is 10.4. The summed E-state index contributed by atoms with van der Waals surface area (Å²) in [5.74, 6) is 1.42. The van der Waals surface area contributed by atoms with Gasteiger partial charge in [0.25, 0.3) is 0 Å². The Bertz CT molecular complexity index is 924. The van der Waals surface area contributed by atoms with Crippen LogP contribution in [0.5, 0.6) is 11.5 Å². The van der Waals surface area contributed by atoms with Gasteiger partial charge in [-0.25, -0.2) is 0 Å². The van der Waals surface area contributed by atoms with Gasteiger partial charge in [0.05, 0.1) is 5.69 Å². The average Bonchev–Trinajstić information content (AvgIpc) is 2.76. The van der Waals surface area contributed by atoms with Gasteiger partial charge in [-0.1, -0.05) is 19.3 Å². The molecule has 0 radical (unpaired) electrons. The first kappa shape index (κ1) is 25.4. The zero-order valence-electron chi connectivity index (χ0n) is 18.8. The Morgan fingerprint density at radius 1 is 1.16 bits per heavy atom. The Kier molecular flexibility index (Phi) is 10.0. The molecule has 0 aliphatic heterocycles. The van der Waals surface area contributed by atoms with Crippen molar-refractivity contribution in [1.29, 1.82) is 0 Å². The largest absolute Gasteiger partial charge is 1.00 e. The van der Waals surface area contributed by atoms with Gasteiger partial charge in [0, 0.05) is 18.0 Å². The fourth-order valence-electron chi connectivity index (χ4n) is 4.17. The minimum atomic E-state index is 0. The molecule has 160 valence electrons. The van der Waals surface area contributed by atoms with E-state index in [0.717, 1.165) is 46.7 Å². The molecule has 3 rings (SSSR count). The average molecular weight is 431 g/mol. The van der Waals surface area contributed by atoms with E-state index in [4.69, 9.17) is 9.72 Å². The van der Waals surface area contributed by atoms with Crippen LogP contribution in [-0.2, 0) is 16.1 Å². The first-order chi connectivity index (χ1) is 14.5. The van der Waals surface area contributed by atoms with Crippen LogP contribution in [0.15, 0.2) is 23.4 Å². The summed E-state index contributed by atoms with van der Waals surface area (Å²) in [6, 6.07) is 5.69. The van der Waals surface area contributed by atoms with Crippen LogP contribution in [0.2, 0.25) is 0 Å². The molecule has 1 fully saturated rings. The third-order valence-electron chi connectivity index (χ3n) is 5.96. The van der Waals surface area contributed by atoms with Crippen LogP contribution in [0.4, 0.5) is 0 Å². The Labute approximate surface area is 206 Å². The minimum absolute atomic E-state index is 0. The van der Waals surface area contributed by atoms with Crippen LogP contribution in [-0.4, -0.2) is 29.4 Å². The molecule has 1 saturated carbocycles. The third kappa shape index (κ3) is 6.55. The summed E-state index contributed by atoms with van der Waals surface area (Å²) >= 11 is 0. The molecule has 1 aliphatic carbocycles. The van der Waals surface area contributed by atoms with E-state index in [1.165, 1.54) is 31.3 Å². The molecule has 0 spiro atoms. The van der Waals surface area contributed by atoms with Crippen molar-refractivity contribution < 1.29 is 49.0 Å². The van der Waals surface area contributed by atoms with Gasteiger partial charge in [-0.15, -0.1) is 0 Å². The van der Waals surface area contributed by atoms with Crippen molar-refractivity contribution >= 4 is 12.7 Å². The summed E-state index contributed by atoms with van der Waals surface area (Å²) in [5, 5.41) is 13.6. The summed E-state index contributed by atoms with van der Waals surface area (Å²) in [7, 11) is 0. The topological polar surface area (TPSA) is 81.0 Å². The van der Waals surface area contributed by atoms with Gasteiger partial charge in [0.2, 0.25) is 0 Å². The number of nitrogens with zero attached hydrogens (tertiary/aromatic N) is 2. The van der Waals surface area contributed by atoms with Gasteiger partial charge in [0.15, 0.2) is 0 Å². The molecule has 1 N–H and O–H groups in total. The number of aromatic hydroxyl groups is 1. The monoisotopic (exact) mass is 431 g/mol. The zero-order valence-corrected chi connectivity index (χ0v) is 20.8. The molecule has 0 saturated heterocycles. The maximum atomic E-state index is 10.4. The molecule has 2 aromatic rings. The molecule has 1 heterocycles. The Morgan fingerprint density at radius 2 is 1.90 bits per heavy atom. The van der Waals surface area contributed by atoms with Crippen molar-refractivity contribution in [3.8, 4) is 11.5 Å². The van der Waals surface area contributed by atoms with E-state index in [1.807, 2.05) is 19.1 Å². The van der Waals surface area contributed by atoms with E-state index in [9.17, 15) is 9.90 Å². The number of aromatic nitrogens is 1. The fraction of sp³-hybridized carbons (Fsp3) is 0.458. The predicted molar refractivity (Wildman–Crippen MR) is 115 cm³/mol. The normalized spacial score (nSPS) is 14.3.